The van der Waals surface area contributed by atoms with Crippen molar-refractivity contribution in [3.8, 4) is 5.75 Å². The maximum atomic E-state index is 13.5. The highest BCUT2D eigenvalue weighted by Crippen LogP contribution is 2.28. The maximum absolute atomic E-state index is 13.5. The van der Waals surface area contributed by atoms with Gasteiger partial charge in [0.25, 0.3) is 0 Å². The predicted molar refractivity (Wildman–Crippen MR) is 74.7 cm³/mol. The van der Waals surface area contributed by atoms with Crippen molar-refractivity contribution in [2.75, 3.05) is 0 Å². The normalized spacial score (nSPS) is 12.2. The van der Waals surface area contributed by atoms with Crippen molar-refractivity contribution in [1.82, 2.24) is 0 Å². The van der Waals surface area contributed by atoms with E-state index in [9.17, 15) is 8.78 Å². The molecule has 20 heavy (non-hydrogen) atoms. The first-order chi connectivity index (χ1) is 9.49. The quantitative estimate of drug-likeness (QED) is 0.917. The fourth-order valence-corrected chi connectivity index (χ4v) is 2.01. The number of hydrogen-bond acceptors (Lipinski definition) is 2. The molecule has 0 heterocycles. The Hall–Kier alpha value is -1.65. The summed E-state index contributed by atoms with van der Waals surface area (Å²) in [5.74, 6) is -0.810. The monoisotopic (exact) mass is 297 g/mol. The van der Waals surface area contributed by atoms with E-state index in [4.69, 9.17) is 22.1 Å². The minimum atomic E-state index is -0.638. The fourth-order valence-electron chi connectivity index (χ4n) is 1.83. The van der Waals surface area contributed by atoms with Gasteiger partial charge < -0.3 is 10.5 Å². The largest absolute Gasteiger partial charge is 0.488 e. The van der Waals surface area contributed by atoms with Crippen LogP contribution in [0.25, 0.3) is 0 Å². The summed E-state index contributed by atoms with van der Waals surface area (Å²) in [6.07, 6.45) is 0. The second-order valence-electron chi connectivity index (χ2n) is 4.46. The Balaban J connectivity index is 2.23. The van der Waals surface area contributed by atoms with Gasteiger partial charge in [-0.1, -0.05) is 17.7 Å². The molecule has 0 spiro atoms. The molecule has 0 fully saturated rings. The van der Waals surface area contributed by atoms with Gasteiger partial charge in [-0.05, 0) is 37.3 Å². The highest BCUT2D eigenvalue weighted by atomic mass is 35.5. The van der Waals surface area contributed by atoms with Gasteiger partial charge in [-0.25, -0.2) is 8.78 Å². The lowest BCUT2D eigenvalue weighted by Crippen LogP contribution is -2.09. The summed E-state index contributed by atoms with van der Waals surface area (Å²) in [7, 11) is 0. The molecular weight excluding hydrogens is 284 g/mol. The number of nitrogens with two attached hydrogens (primary N) is 1. The zero-order valence-corrected chi connectivity index (χ0v) is 11.6. The molecule has 0 aliphatic rings. The summed E-state index contributed by atoms with van der Waals surface area (Å²) in [4.78, 5) is 0. The van der Waals surface area contributed by atoms with Gasteiger partial charge in [0, 0.05) is 16.6 Å². The molecule has 0 radical (unpaired) electrons. The number of ether oxygens (including phenoxy) is 1. The summed E-state index contributed by atoms with van der Waals surface area (Å²) in [6, 6.07) is 8.35. The molecule has 0 saturated carbocycles. The standard InChI is InChI=1S/C15H14ClF2NO/c1-9(19)11-7-10(16)5-6-15(11)20-8-12-13(17)3-2-4-14(12)18/h2-7,9H,8,19H2,1H3/t9-/m1/s1. The molecule has 0 amide bonds. The van der Waals surface area contributed by atoms with Crippen LogP contribution < -0.4 is 10.5 Å². The molecule has 0 unspecified atom stereocenters. The SMILES string of the molecule is C[C@@H](N)c1cc(Cl)ccc1OCc1c(F)cccc1F. The van der Waals surface area contributed by atoms with Crippen LogP contribution in [-0.4, -0.2) is 0 Å². The first-order valence-corrected chi connectivity index (χ1v) is 6.47. The van der Waals surface area contributed by atoms with Crippen LogP contribution in [-0.2, 0) is 6.61 Å². The van der Waals surface area contributed by atoms with Crippen LogP contribution in [0.1, 0.15) is 24.1 Å². The van der Waals surface area contributed by atoms with Gasteiger partial charge in [-0.3, -0.25) is 0 Å². The van der Waals surface area contributed by atoms with Crippen molar-refractivity contribution in [3.05, 3.63) is 64.2 Å². The van der Waals surface area contributed by atoms with E-state index in [1.165, 1.54) is 18.2 Å². The Kier molecular flexibility index (Phi) is 4.57. The van der Waals surface area contributed by atoms with E-state index in [1.54, 1.807) is 25.1 Å². The van der Waals surface area contributed by atoms with Crippen molar-refractivity contribution in [3.63, 3.8) is 0 Å². The second kappa shape index (κ2) is 6.20. The van der Waals surface area contributed by atoms with Gasteiger partial charge in [0.1, 0.15) is 24.0 Å². The van der Waals surface area contributed by atoms with Gasteiger partial charge in [-0.2, -0.15) is 0 Å². The third-order valence-electron chi connectivity index (χ3n) is 2.90. The minimum absolute atomic E-state index is 0.113. The average Bonchev–Trinajstić information content (AvgIpc) is 2.39. The summed E-state index contributed by atoms with van der Waals surface area (Å²) in [5, 5.41) is 0.529. The highest BCUT2D eigenvalue weighted by Gasteiger charge is 2.12. The maximum Gasteiger partial charge on any atom is 0.132 e. The minimum Gasteiger partial charge on any atom is -0.488 e. The summed E-state index contributed by atoms with van der Waals surface area (Å²) in [6.45, 7) is 1.57. The van der Waals surface area contributed by atoms with Gasteiger partial charge in [0.2, 0.25) is 0 Å². The zero-order chi connectivity index (χ0) is 14.7. The van der Waals surface area contributed by atoms with Crippen molar-refractivity contribution >= 4 is 11.6 Å². The van der Waals surface area contributed by atoms with E-state index in [0.717, 1.165) is 0 Å². The molecule has 2 nitrogen and oxygen atoms in total. The Morgan fingerprint density at radius 1 is 1.20 bits per heavy atom. The predicted octanol–water partition coefficient (Wildman–Crippen LogP) is 4.22. The molecule has 2 aromatic rings. The Bertz CT molecular complexity index is 597. The average molecular weight is 298 g/mol. The summed E-state index contributed by atoms with van der Waals surface area (Å²) < 4.78 is 32.5. The molecule has 2 aromatic carbocycles. The van der Waals surface area contributed by atoms with Gasteiger partial charge in [0.15, 0.2) is 0 Å². The molecular formula is C15H14ClF2NO. The number of halogens is 3. The van der Waals surface area contributed by atoms with Gasteiger partial charge in [-0.15, -0.1) is 0 Å². The third kappa shape index (κ3) is 3.26. The lowest BCUT2D eigenvalue weighted by Gasteiger charge is -2.15. The molecule has 2 rings (SSSR count). The number of benzene rings is 2. The lowest BCUT2D eigenvalue weighted by molar-refractivity contribution is 0.288. The van der Waals surface area contributed by atoms with Crippen LogP contribution >= 0.6 is 11.6 Å². The first-order valence-electron chi connectivity index (χ1n) is 6.09. The third-order valence-corrected chi connectivity index (χ3v) is 3.13. The Morgan fingerprint density at radius 2 is 1.85 bits per heavy atom. The van der Waals surface area contributed by atoms with Crippen molar-refractivity contribution < 1.29 is 13.5 Å². The van der Waals surface area contributed by atoms with Crippen LogP contribution in [0.4, 0.5) is 8.78 Å². The van der Waals surface area contributed by atoms with E-state index in [-0.39, 0.29) is 18.2 Å². The van der Waals surface area contributed by atoms with Crippen molar-refractivity contribution in [1.29, 1.82) is 0 Å². The molecule has 0 aromatic heterocycles. The second-order valence-corrected chi connectivity index (χ2v) is 4.90. The molecule has 106 valence electrons. The molecule has 0 saturated heterocycles. The van der Waals surface area contributed by atoms with Crippen molar-refractivity contribution in [2.45, 2.75) is 19.6 Å². The fraction of sp³-hybridized carbons (Fsp3) is 0.200. The number of rotatable bonds is 4. The summed E-state index contributed by atoms with van der Waals surface area (Å²) in [5.41, 5.74) is 6.40. The number of hydrogen-bond donors (Lipinski definition) is 1. The van der Waals surface area contributed by atoms with Crippen LogP contribution in [0.15, 0.2) is 36.4 Å². The highest BCUT2D eigenvalue weighted by molar-refractivity contribution is 6.30. The summed E-state index contributed by atoms with van der Waals surface area (Å²) >= 11 is 5.90. The van der Waals surface area contributed by atoms with Gasteiger partial charge >= 0.3 is 0 Å². The first kappa shape index (κ1) is 14.8. The van der Waals surface area contributed by atoms with Crippen molar-refractivity contribution in [2.24, 2.45) is 5.73 Å². The smallest absolute Gasteiger partial charge is 0.132 e. The molecule has 5 heteroatoms. The van der Waals surface area contributed by atoms with Gasteiger partial charge in [0.05, 0.1) is 5.56 Å². The Labute approximate surface area is 121 Å². The van der Waals surface area contributed by atoms with Crippen LogP contribution in [0.2, 0.25) is 5.02 Å². The van der Waals surface area contributed by atoms with E-state index in [1.807, 2.05) is 0 Å². The molecule has 0 bridgehead atoms. The Morgan fingerprint density at radius 3 is 2.45 bits per heavy atom. The molecule has 0 aliphatic carbocycles. The van der Waals surface area contributed by atoms with E-state index in [2.05, 4.69) is 0 Å². The van der Waals surface area contributed by atoms with E-state index >= 15 is 0 Å². The zero-order valence-electron chi connectivity index (χ0n) is 10.9. The molecule has 1 atom stereocenters. The van der Waals surface area contributed by atoms with E-state index < -0.39 is 11.6 Å². The molecule has 2 N–H and O–H groups in total. The van der Waals surface area contributed by atoms with Crippen LogP contribution in [0.3, 0.4) is 0 Å². The lowest BCUT2D eigenvalue weighted by atomic mass is 10.1. The van der Waals surface area contributed by atoms with Crippen LogP contribution in [0, 0.1) is 11.6 Å². The van der Waals surface area contributed by atoms with E-state index in [0.29, 0.717) is 16.3 Å². The van der Waals surface area contributed by atoms with Crippen LogP contribution in [0.5, 0.6) is 5.75 Å². The topological polar surface area (TPSA) is 35.2 Å². The molecule has 0 aliphatic heterocycles.